The zero-order chi connectivity index (χ0) is 24.8. The van der Waals surface area contributed by atoms with Crippen LogP contribution in [0, 0.1) is 46.3 Å². The third-order valence-corrected chi connectivity index (χ3v) is 11.1. The van der Waals surface area contributed by atoms with E-state index in [1.165, 1.54) is 32.1 Å². The molecule has 0 aromatic heterocycles. The summed E-state index contributed by atoms with van der Waals surface area (Å²) in [4.78, 5) is 0. The Balaban J connectivity index is 0.00000149. The van der Waals surface area contributed by atoms with Gasteiger partial charge in [0.25, 0.3) is 0 Å². The molecule has 10 atom stereocenters. The van der Waals surface area contributed by atoms with Gasteiger partial charge in [-0.25, -0.2) is 0 Å². The molecule has 5 heteroatoms. The van der Waals surface area contributed by atoms with Gasteiger partial charge in [0, 0.05) is 0 Å². The first-order chi connectivity index (χ1) is 15.3. The maximum atomic E-state index is 13.1. The number of hydrogen-bond acceptors (Lipinski definition) is 2. The topological polar surface area (TPSA) is 40.5 Å². The summed E-state index contributed by atoms with van der Waals surface area (Å²) < 4.78 is 39.4. The quantitative estimate of drug-likeness (QED) is 0.437. The summed E-state index contributed by atoms with van der Waals surface area (Å²) in [6.45, 7) is 12.0. The Hall–Kier alpha value is -0.290. The van der Waals surface area contributed by atoms with E-state index in [0.29, 0.717) is 29.6 Å². The third-order valence-electron chi connectivity index (χ3n) is 11.1. The second kappa shape index (κ2) is 9.64. The van der Waals surface area contributed by atoms with Crippen LogP contribution in [0.4, 0.5) is 13.2 Å². The number of aliphatic hydroxyl groups is 2. The van der Waals surface area contributed by atoms with Crippen molar-refractivity contribution in [2.75, 3.05) is 0 Å². The summed E-state index contributed by atoms with van der Waals surface area (Å²) in [5.74, 6) is 3.50. The minimum absolute atomic E-state index is 0.117. The van der Waals surface area contributed by atoms with Crippen molar-refractivity contribution in [1.82, 2.24) is 0 Å². The van der Waals surface area contributed by atoms with Gasteiger partial charge in [-0.05, 0) is 124 Å². The minimum atomic E-state index is -4.56. The van der Waals surface area contributed by atoms with Crippen molar-refractivity contribution in [3.05, 3.63) is 0 Å². The van der Waals surface area contributed by atoms with Gasteiger partial charge in [0.2, 0.25) is 0 Å². The lowest BCUT2D eigenvalue weighted by Gasteiger charge is -2.61. The van der Waals surface area contributed by atoms with Crippen molar-refractivity contribution in [3.63, 3.8) is 0 Å². The van der Waals surface area contributed by atoms with Crippen LogP contribution in [0.25, 0.3) is 0 Å². The van der Waals surface area contributed by atoms with Crippen molar-refractivity contribution in [2.45, 2.75) is 130 Å². The number of rotatable bonds is 4. The predicted octanol–water partition coefficient (Wildman–Crippen LogP) is 7.76. The van der Waals surface area contributed by atoms with Gasteiger partial charge < -0.3 is 10.2 Å². The SMILES string of the molecule is CC.CC(CC[C@@](C)(O)C(F)(F)F)C1CCC2C3CCC4CC(O)CCC4(C)C3CCC12C. The number of alkyl halides is 3. The molecule has 9 unspecified atom stereocenters. The smallest absolute Gasteiger partial charge is 0.393 e. The molecule has 4 rings (SSSR count). The summed E-state index contributed by atoms with van der Waals surface area (Å²) in [5.41, 5.74) is -2.00. The van der Waals surface area contributed by atoms with Gasteiger partial charge in [-0.3, -0.25) is 0 Å². The Morgan fingerprint density at radius 1 is 0.909 bits per heavy atom. The lowest BCUT2D eigenvalue weighted by atomic mass is 9.44. The summed E-state index contributed by atoms with van der Waals surface area (Å²) in [7, 11) is 0. The molecule has 4 saturated carbocycles. The molecule has 4 fully saturated rings. The molecule has 0 aromatic rings. The largest absolute Gasteiger partial charge is 0.416 e. The molecule has 4 aliphatic carbocycles. The van der Waals surface area contributed by atoms with Crippen molar-refractivity contribution < 1.29 is 23.4 Å². The van der Waals surface area contributed by atoms with Crippen molar-refractivity contribution >= 4 is 0 Å². The highest BCUT2D eigenvalue weighted by atomic mass is 19.4. The van der Waals surface area contributed by atoms with E-state index in [-0.39, 0.29) is 23.9 Å². The molecule has 0 aliphatic heterocycles. The summed E-state index contributed by atoms with van der Waals surface area (Å²) >= 11 is 0. The molecule has 4 aliphatic rings. The molecule has 0 heterocycles. The molecule has 2 N–H and O–H groups in total. The fourth-order valence-corrected chi connectivity index (χ4v) is 9.06. The first-order valence-electron chi connectivity index (χ1n) is 13.8. The zero-order valence-electron chi connectivity index (χ0n) is 21.8. The average molecular weight is 475 g/mol. The summed E-state index contributed by atoms with van der Waals surface area (Å²) in [6, 6.07) is 0. The van der Waals surface area contributed by atoms with Crippen molar-refractivity contribution in [3.8, 4) is 0 Å². The second-order valence-electron chi connectivity index (χ2n) is 12.6. The fraction of sp³-hybridized carbons (Fsp3) is 1.00. The standard InChI is InChI=1S/C26H43F3O2.C2H6/c1-16(9-14-25(4,31)26(27,28)29)20-7-8-21-19-6-5-17-15-18(30)10-12-23(17,2)22(19)11-13-24(20,21)3;1-2/h16-22,30-31H,5-15H2,1-4H3;1-2H3/t16?,17?,18?,19?,20?,21?,22?,23?,24?,25-;/m1./s1. The average Bonchev–Trinajstić information content (AvgIpc) is 3.10. The molecule has 194 valence electrons. The Bertz CT molecular complexity index is 662. The van der Waals surface area contributed by atoms with Gasteiger partial charge in [0.1, 0.15) is 0 Å². The molecule has 2 nitrogen and oxygen atoms in total. The zero-order valence-corrected chi connectivity index (χ0v) is 21.8. The lowest BCUT2D eigenvalue weighted by Crippen LogP contribution is -2.54. The van der Waals surface area contributed by atoms with Gasteiger partial charge in [-0.15, -0.1) is 0 Å². The summed E-state index contributed by atoms with van der Waals surface area (Å²) in [6.07, 6.45) is 5.88. The van der Waals surface area contributed by atoms with Crippen LogP contribution in [0.15, 0.2) is 0 Å². The van der Waals surface area contributed by atoms with Gasteiger partial charge >= 0.3 is 6.18 Å². The van der Waals surface area contributed by atoms with Crippen molar-refractivity contribution in [1.29, 1.82) is 0 Å². The van der Waals surface area contributed by atoms with E-state index >= 15 is 0 Å². The highest BCUT2D eigenvalue weighted by molar-refractivity contribution is 5.09. The number of fused-ring (bicyclic) bond motifs is 5. The van der Waals surface area contributed by atoms with Crippen LogP contribution >= 0.6 is 0 Å². The summed E-state index contributed by atoms with van der Waals surface area (Å²) in [5, 5.41) is 20.1. The van der Waals surface area contributed by atoms with E-state index in [2.05, 4.69) is 20.8 Å². The van der Waals surface area contributed by atoms with Gasteiger partial charge in [-0.2, -0.15) is 13.2 Å². The number of halogens is 3. The van der Waals surface area contributed by atoms with Crippen LogP contribution in [-0.4, -0.2) is 28.1 Å². The predicted molar refractivity (Wildman–Crippen MR) is 128 cm³/mol. The Labute approximate surface area is 200 Å². The molecule has 0 radical (unpaired) electrons. The first kappa shape index (κ1) is 27.3. The Morgan fingerprint density at radius 3 is 2.15 bits per heavy atom. The van der Waals surface area contributed by atoms with Gasteiger partial charge in [0.15, 0.2) is 5.60 Å². The van der Waals surface area contributed by atoms with E-state index in [0.717, 1.165) is 44.4 Å². The van der Waals surface area contributed by atoms with Crippen LogP contribution < -0.4 is 0 Å². The Kier molecular flexibility index (Phi) is 7.97. The van der Waals surface area contributed by atoms with E-state index in [4.69, 9.17) is 0 Å². The van der Waals surface area contributed by atoms with Gasteiger partial charge in [-0.1, -0.05) is 34.6 Å². The molecule has 0 amide bonds. The van der Waals surface area contributed by atoms with Crippen LogP contribution in [-0.2, 0) is 0 Å². The molecule has 0 aromatic carbocycles. The highest BCUT2D eigenvalue weighted by Crippen LogP contribution is 2.68. The van der Waals surface area contributed by atoms with Crippen LogP contribution in [0.5, 0.6) is 0 Å². The normalized spacial score (nSPS) is 45.5. The molecular formula is C28H49F3O2. The molecule has 0 saturated heterocycles. The van der Waals surface area contributed by atoms with Crippen molar-refractivity contribution in [2.24, 2.45) is 46.3 Å². The first-order valence-corrected chi connectivity index (χ1v) is 13.8. The second-order valence-corrected chi connectivity index (χ2v) is 12.6. The molecular weight excluding hydrogens is 425 g/mol. The fourth-order valence-electron chi connectivity index (χ4n) is 9.06. The lowest BCUT2D eigenvalue weighted by molar-refractivity contribution is -0.256. The van der Waals surface area contributed by atoms with Crippen LogP contribution in [0.3, 0.4) is 0 Å². The van der Waals surface area contributed by atoms with Gasteiger partial charge in [0.05, 0.1) is 6.10 Å². The number of hydrogen-bond donors (Lipinski definition) is 2. The maximum absolute atomic E-state index is 13.1. The molecule has 33 heavy (non-hydrogen) atoms. The number of aliphatic hydroxyl groups excluding tert-OH is 1. The van der Waals surface area contributed by atoms with E-state index in [1.54, 1.807) is 0 Å². The third kappa shape index (κ3) is 4.76. The van der Waals surface area contributed by atoms with Crippen LogP contribution in [0.2, 0.25) is 0 Å². The minimum Gasteiger partial charge on any atom is -0.393 e. The van der Waals surface area contributed by atoms with E-state index in [1.807, 2.05) is 13.8 Å². The van der Waals surface area contributed by atoms with Crippen LogP contribution in [0.1, 0.15) is 112 Å². The molecule has 0 spiro atoms. The highest BCUT2D eigenvalue weighted by Gasteiger charge is 2.60. The van der Waals surface area contributed by atoms with E-state index < -0.39 is 11.8 Å². The monoisotopic (exact) mass is 474 g/mol. The maximum Gasteiger partial charge on any atom is 0.416 e. The molecule has 0 bridgehead atoms. The Morgan fingerprint density at radius 2 is 1.52 bits per heavy atom. The van der Waals surface area contributed by atoms with E-state index in [9.17, 15) is 23.4 Å².